The second-order valence-corrected chi connectivity index (χ2v) is 6.74. The van der Waals surface area contributed by atoms with E-state index in [1.807, 2.05) is 6.07 Å². The first-order valence-corrected chi connectivity index (χ1v) is 7.07. The third-order valence-electron chi connectivity index (χ3n) is 2.91. The van der Waals surface area contributed by atoms with Gasteiger partial charge in [-0.2, -0.15) is 0 Å². The first-order chi connectivity index (χ1) is 8.16. The van der Waals surface area contributed by atoms with Gasteiger partial charge in [-0.25, -0.2) is 0 Å². The summed E-state index contributed by atoms with van der Waals surface area (Å²) in [6, 6.07) is 4.08. The summed E-state index contributed by atoms with van der Waals surface area (Å²) in [5.74, 6) is 0.0156. The van der Waals surface area contributed by atoms with Crippen LogP contribution in [0, 0.1) is 5.41 Å². The third kappa shape index (κ3) is 2.88. The van der Waals surface area contributed by atoms with Crippen molar-refractivity contribution in [2.24, 2.45) is 11.1 Å². The van der Waals surface area contributed by atoms with Gasteiger partial charge in [0.15, 0.2) is 0 Å². The van der Waals surface area contributed by atoms with Gasteiger partial charge in [-0.15, -0.1) is 11.3 Å². The fourth-order valence-electron chi connectivity index (χ4n) is 1.66. The van der Waals surface area contributed by atoms with Crippen LogP contribution in [0.25, 0.3) is 0 Å². The molecule has 6 heteroatoms. The van der Waals surface area contributed by atoms with E-state index in [0.29, 0.717) is 26.3 Å². The minimum Gasteiger partial charge on any atom is -0.379 e. The lowest BCUT2D eigenvalue weighted by atomic mass is 9.85. The predicted octanol–water partition coefficient (Wildman–Crippen LogP) is 1.14. The van der Waals surface area contributed by atoms with E-state index in [2.05, 4.69) is 27.3 Å². The van der Waals surface area contributed by atoms with Gasteiger partial charge in [0.25, 0.3) is 0 Å². The molecule has 0 saturated carbocycles. The highest BCUT2D eigenvalue weighted by molar-refractivity contribution is 9.11. The van der Waals surface area contributed by atoms with E-state index in [4.69, 9.17) is 10.5 Å². The Morgan fingerprint density at radius 2 is 2.35 bits per heavy atom. The molecule has 94 valence electrons. The van der Waals surface area contributed by atoms with Gasteiger partial charge in [0, 0.05) is 18.0 Å². The summed E-state index contributed by atoms with van der Waals surface area (Å²) in [4.78, 5) is 13.2. The van der Waals surface area contributed by atoms with Gasteiger partial charge in [0.05, 0.1) is 17.0 Å². The number of hydrogen-bond acceptors (Lipinski definition) is 4. The molecular formula is C11H15BrN2O2S. The lowest BCUT2D eigenvalue weighted by molar-refractivity contribution is -0.159. The smallest absolute Gasteiger partial charge is 0.232 e. The lowest BCUT2D eigenvalue weighted by Crippen LogP contribution is -2.58. The molecule has 1 fully saturated rings. The van der Waals surface area contributed by atoms with Crippen LogP contribution >= 0.6 is 27.3 Å². The number of carbonyl (C=O) groups is 1. The molecule has 1 aromatic heterocycles. The van der Waals surface area contributed by atoms with Crippen molar-refractivity contribution in [3.63, 3.8) is 0 Å². The highest BCUT2D eigenvalue weighted by atomic mass is 79.9. The van der Waals surface area contributed by atoms with E-state index in [1.165, 1.54) is 4.88 Å². The topological polar surface area (TPSA) is 64.4 Å². The predicted molar refractivity (Wildman–Crippen MR) is 71.0 cm³/mol. The zero-order valence-electron chi connectivity index (χ0n) is 9.37. The quantitative estimate of drug-likeness (QED) is 0.856. The summed E-state index contributed by atoms with van der Waals surface area (Å²) in [5.41, 5.74) is 5.13. The van der Waals surface area contributed by atoms with Gasteiger partial charge in [-0.1, -0.05) is 0 Å². The molecule has 2 rings (SSSR count). The minimum absolute atomic E-state index is 0.0156. The van der Waals surface area contributed by atoms with E-state index in [1.54, 1.807) is 11.3 Å². The van der Waals surface area contributed by atoms with Crippen molar-refractivity contribution in [2.45, 2.75) is 6.42 Å². The Balaban J connectivity index is 1.77. The molecule has 3 N–H and O–H groups in total. The maximum Gasteiger partial charge on any atom is 0.232 e. The van der Waals surface area contributed by atoms with Crippen LogP contribution in [0.15, 0.2) is 15.9 Å². The molecular weight excluding hydrogens is 304 g/mol. The van der Waals surface area contributed by atoms with Gasteiger partial charge in [-0.05, 0) is 34.5 Å². The molecule has 2 heterocycles. The first-order valence-electron chi connectivity index (χ1n) is 5.47. The third-order valence-corrected chi connectivity index (χ3v) is 4.60. The van der Waals surface area contributed by atoms with Crippen molar-refractivity contribution >= 4 is 33.2 Å². The van der Waals surface area contributed by atoms with Crippen LogP contribution in [0.2, 0.25) is 0 Å². The highest BCUT2D eigenvalue weighted by Gasteiger charge is 2.44. The lowest BCUT2D eigenvalue weighted by Gasteiger charge is -2.38. The fourth-order valence-corrected chi connectivity index (χ4v) is 3.15. The molecule has 1 aromatic rings. The summed E-state index contributed by atoms with van der Waals surface area (Å²) >= 11 is 5.10. The van der Waals surface area contributed by atoms with Crippen molar-refractivity contribution in [1.29, 1.82) is 0 Å². The number of halogens is 1. The number of amides is 1. The normalized spacial score (nSPS) is 17.5. The van der Waals surface area contributed by atoms with Gasteiger partial charge in [0.2, 0.25) is 5.91 Å². The zero-order valence-corrected chi connectivity index (χ0v) is 11.8. The van der Waals surface area contributed by atoms with Crippen molar-refractivity contribution in [3.8, 4) is 0 Å². The Morgan fingerprint density at radius 1 is 1.59 bits per heavy atom. The number of hydrogen-bond donors (Lipinski definition) is 2. The van der Waals surface area contributed by atoms with E-state index >= 15 is 0 Å². The van der Waals surface area contributed by atoms with E-state index in [9.17, 15) is 4.79 Å². The molecule has 17 heavy (non-hydrogen) atoms. The second kappa shape index (κ2) is 5.48. The average Bonchev–Trinajstić information content (AvgIpc) is 2.63. The van der Waals surface area contributed by atoms with Crippen LogP contribution in [0.1, 0.15) is 4.88 Å². The maximum absolute atomic E-state index is 11.9. The molecule has 4 nitrogen and oxygen atoms in total. The van der Waals surface area contributed by atoms with Crippen LogP contribution in [0.4, 0.5) is 0 Å². The maximum atomic E-state index is 11.9. The molecule has 1 saturated heterocycles. The van der Waals surface area contributed by atoms with Crippen LogP contribution in [0.5, 0.6) is 0 Å². The van der Waals surface area contributed by atoms with E-state index in [-0.39, 0.29) is 5.91 Å². The first kappa shape index (κ1) is 13.0. The summed E-state index contributed by atoms with van der Waals surface area (Å²) in [7, 11) is 0. The molecule has 0 aliphatic carbocycles. The SMILES string of the molecule is NCC1(C(=O)NCCc2ccc(Br)s2)COC1. The Bertz CT molecular complexity index is 398. The molecule has 1 aliphatic rings. The highest BCUT2D eigenvalue weighted by Crippen LogP contribution is 2.26. The van der Waals surface area contributed by atoms with Crippen LogP contribution < -0.4 is 11.1 Å². The number of thiophene rings is 1. The van der Waals surface area contributed by atoms with Crippen LogP contribution in [0.3, 0.4) is 0 Å². The number of nitrogens with one attached hydrogen (secondary N) is 1. The van der Waals surface area contributed by atoms with Crippen LogP contribution in [-0.4, -0.2) is 32.2 Å². The van der Waals surface area contributed by atoms with E-state index in [0.717, 1.165) is 10.2 Å². The van der Waals surface area contributed by atoms with Crippen LogP contribution in [-0.2, 0) is 16.0 Å². The molecule has 0 bridgehead atoms. The Hall–Kier alpha value is -0.430. The van der Waals surface area contributed by atoms with Gasteiger partial charge < -0.3 is 15.8 Å². The zero-order chi connectivity index (χ0) is 12.3. The average molecular weight is 319 g/mol. The number of carbonyl (C=O) groups excluding carboxylic acids is 1. The molecule has 0 aromatic carbocycles. The summed E-state index contributed by atoms with van der Waals surface area (Å²) < 4.78 is 6.19. The summed E-state index contributed by atoms with van der Waals surface area (Å²) in [5, 5.41) is 2.93. The molecule has 1 amide bonds. The monoisotopic (exact) mass is 318 g/mol. The van der Waals surface area contributed by atoms with Gasteiger partial charge in [-0.3, -0.25) is 4.79 Å². The van der Waals surface area contributed by atoms with E-state index < -0.39 is 5.41 Å². The molecule has 1 aliphatic heterocycles. The number of rotatable bonds is 5. The number of ether oxygens (including phenoxy) is 1. The van der Waals surface area contributed by atoms with Crippen molar-refractivity contribution in [3.05, 3.63) is 20.8 Å². The van der Waals surface area contributed by atoms with Gasteiger partial charge in [0.1, 0.15) is 5.41 Å². The standard InChI is InChI=1S/C11H15BrN2O2S/c12-9-2-1-8(17-9)3-4-14-10(15)11(5-13)6-16-7-11/h1-2H,3-7,13H2,(H,14,15). The Labute approximate surface area is 113 Å². The molecule has 0 spiro atoms. The molecule has 0 unspecified atom stereocenters. The second-order valence-electron chi connectivity index (χ2n) is 4.19. The van der Waals surface area contributed by atoms with Crippen molar-refractivity contribution < 1.29 is 9.53 Å². The Morgan fingerprint density at radius 3 is 2.82 bits per heavy atom. The summed E-state index contributed by atoms with van der Waals surface area (Å²) in [6.45, 7) is 1.89. The van der Waals surface area contributed by atoms with Gasteiger partial charge >= 0.3 is 0 Å². The fraction of sp³-hybridized carbons (Fsp3) is 0.545. The Kier molecular flexibility index (Phi) is 4.19. The summed E-state index contributed by atoms with van der Waals surface area (Å²) in [6.07, 6.45) is 0.851. The van der Waals surface area contributed by atoms with Crippen molar-refractivity contribution in [2.75, 3.05) is 26.3 Å². The largest absolute Gasteiger partial charge is 0.379 e. The molecule has 0 radical (unpaired) electrons. The minimum atomic E-state index is -0.476. The number of nitrogens with two attached hydrogens (primary N) is 1. The molecule has 0 atom stereocenters. The van der Waals surface area contributed by atoms with Crippen molar-refractivity contribution in [1.82, 2.24) is 5.32 Å².